The summed E-state index contributed by atoms with van der Waals surface area (Å²) in [6, 6.07) is 6.79. The normalized spacial score (nSPS) is 10.2. The van der Waals surface area contributed by atoms with Crippen LogP contribution < -0.4 is 0 Å². The van der Waals surface area contributed by atoms with Crippen LogP contribution in [0.1, 0.15) is 11.1 Å². The van der Waals surface area contributed by atoms with E-state index in [0.29, 0.717) is 18.8 Å². The van der Waals surface area contributed by atoms with Crippen LogP contribution >= 0.6 is 0 Å². The largest absolute Gasteiger partial charge is 0.461 e. The van der Waals surface area contributed by atoms with E-state index in [0.717, 1.165) is 5.56 Å². The third kappa shape index (κ3) is 4.43. The SMILES string of the molecule is COCCOCOC(=C(F)F)c1ccccc1C. The molecule has 18 heavy (non-hydrogen) atoms. The Bertz CT molecular complexity index is 401. The summed E-state index contributed by atoms with van der Waals surface area (Å²) < 4.78 is 40.4. The molecule has 0 spiro atoms. The maximum absolute atomic E-state index is 12.8. The molecule has 1 rings (SSSR count). The average molecular weight is 258 g/mol. The highest BCUT2D eigenvalue weighted by atomic mass is 19.3. The standard InChI is InChI=1S/C13H16F2O3/c1-10-5-3-4-6-11(10)12(13(14)15)18-9-17-8-7-16-2/h3-6H,7-9H2,1-2H3. The van der Waals surface area contributed by atoms with Gasteiger partial charge in [-0.2, -0.15) is 8.78 Å². The van der Waals surface area contributed by atoms with Gasteiger partial charge in [-0.05, 0) is 12.5 Å². The van der Waals surface area contributed by atoms with E-state index in [2.05, 4.69) is 0 Å². The van der Waals surface area contributed by atoms with Gasteiger partial charge in [-0.3, -0.25) is 0 Å². The lowest BCUT2D eigenvalue weighted by molar-refractivity contribution is -0.0237. The van der Waals surface area contributed by atoms with Gasteiger partial charge in [-0.1, -0.05) is 24.3 Å². The van der Waals surface area contributed by atoms with Crippen LogP contribution in [0.5, 0.6) is 0 Å². The van der Waals surface area contributed by atoms with E-state index in [1.807, 2.05) is 0 Å². The van der Waals surface area contributed by atoms with Gasteiger partial charge >= 0.3 is 6.08 Å². The van der Waals surface area contributed by atoms with Gasteiger partial charge in [0, 0.05) is 12.7 Å². The predicted octanol–water partition coefficient (Wildman–Crippen LogP) is 3.20. The lowest BCUT2D eigenvalue weighted by atomic mass is 10.1. The molecule has 0 aliphatic rings. The van der Waals surface area contributed by atoms with Crippen molar-refractivity contribution < 1.29 is 23.0 Å². The highest BCUT2D eigenvalue weighted by molar-refractivity contribution is 5.63. The van der Waals surface area contributed by atoms with E-state index in [4.69, 9.17) is 14.2 Å². The summed E-state index contributed by atoms with van der Waals surface area (Å²) in [5.74, 6) is -0.439. The minimum Gasteiger partial charge on any atom is -0.461 e. The van der Waals surface area contributed by atoms with Crippen LogP contribution in [-0.2, 0) is 14.2 Å². The first-order valence-corrected chi connectivity index (χ1v) is 5.47. The van der Waals surface area contributed by atoms with Crippen molar-refractivity contribution >= 4 is 5.76 Å². The molecule has 0 N–H and O–H groups in total. The van der Waals surface area contributed by atoms with Crippen LogP contribution in [0.3, 0.4) is 0 Å². The molecule has 0 amide bonds. The Morgan fingerprint density at radius 3 is 2.50 bits per heavy atom. The molecule has 0 heterocycles. The minimum atomic E-state index is -1.86. The molecule has 0 unspecified atom stereocenters. The Kier molecular flexibility index (Phi) is 6.32. The maximum atomic E-state index is 12.8. The van der Waals surface area contributed by atoms with E-state index < -0.39 is 11.8 Å². The average Bonchev–Trinajstić information content (AvgIpc) is 2.35. The lowest BCUT2D eigenvalue weighted by Gasteiger charge is -2.11. The summed E-state index contributed by atoms with van der Waals surface area (Å²) in [5, 5.41) is 0. The van der Waals surface area contributed by atoms with Crippen LogP contribution in [0, 0.1) is 6.92 Å². The van der Waals surface area contributed by atoms with Crippen molar-refractivity contribution in [2.75, 3.05) is 27.1 Å². The van der Waals surface area contributed by atoms with Crippen molar-refractivity contribution in [3.05, 3.63) is 41.5 Å². The van der Waals surface area contributed by atoms with Crippen LogP contribution in [0.2, 0.25) is 0 Å². The van der Waals surface area contributed by atoms with Crippen LogP contribution in [0.25, 0.3) is 5.76 Å². The van der Waals surface area contributed by atoms with E-state index >= 15 is 0 Å². The Balaban J connectivity index is 2.63. The number of ether oxygens (including phenoxy) is 3. The molecule has 0 saturated heterocycles. The molecule has 0 aromatic heterocycles. The first kappa shape index (κ1) is 14.6. The molecule has 0 atom stereocenters. The second-order valence-corrected chi connectivity index (χ2v) is 3.57. The number of benzene rings is 1. The summed E-state index contributed by atoms with van der Waals surface area (Å²) in [5.41, 5.74) is 1.09. The number of methoxy groups -OCH3 is 1. The van der Waals surface area contributed by atoms with Gasteiger partial charge in [0.2, 0.25) is 0 Å². The summed E-state index contributed by atoms with van der Waals surface area (Å²) in [4.78, 5) is 0. The highest BCUT2D eigenvalue weighted by Gasteiger charge is 2.13. The number of hydrogen-bond donors (Lipinski definition) is 0. The Morgan fingerprint density at radius 2 is 1.89 bits per heavy atom. The monoisotopic (exact) mass is 258 g/mol. The Hall–Kier alpha value is -1.46. The summed E-state index contributed by atoms with van der Waals surface area (Å²) >= 11 is 0. The lowest BCUT2D eigenvalue weighted by Crippen LogP contribution is -2.06. The van der Waals surface area contributed by atoms with E-state index in [9.17, 15) is 8.78 Å². The van der Waals surface area contributed by atoms with Crippen molar-refractivity contribution in [2.24, 2.45) is 0 Å². The summed E-state index contributed by atoms with van der Waals surface area (Å²) in [6.45, 7) is 2.20. The third-order valence-electron chi connectivity index (χ3n) is 2.28. The second kappa shape index (κ2) is 7.79. The molecule has 0 bridgehead atoms. The fourth-order valence-corrected chi connectivity index (χ4v) is 1.36. The van der Waals surface area contributed by atoms with Gasteiger partial charge in [0.1, 0.15) is 0 Å². The molecule has 0 aliphatic carbocycles. The maximum Gasteiger partial charge on any atom is 0.312 e. The molecular weight excluding hydrogens is 242 g/mol. The zero-order valence-electron chi connectivity index (χ0n) is 10.4. The van der Waals surface area contributed by atoms with Gasteiger partial charge in [0.05, 0.1) is 13.2 Å². The fraction of sp³-hybridized carbons (Fsp3) is 0.385. The molecule has 0 fully saturated rings. The molecule has 3 nitrogen and oxygen atoms in total. The number of halogens is 2. The number of rotatable bonds is 7. The quantitative estimate of drug-likeness (QED) is 0.427. The van der Waals surface area contributed by atoms with Gasteiger partial charge in [0.15, 0.2) is 12.6 Å². The van der Waals surface area contributed by atoms with Crippen LogP contribution in [0.15, 0.2) is 30.3 Å². The molecule has 0 saturated carbocycles. The van der Waals surface area contributed by atoms with Crippen molar-refractivity contribution in [2.45, 2.75) is 6.92 Å². The molecular formula is C13H16F2O3. The molecule has 5 heteroatoms. The highest BCUT2D eigenvalue weighted by Crippen LogP contribution is 2.24. The smallest absolute Gasteiger partial charge is 0.312 e. The first-order chi connectivity index (χ1) is 8.66. The summed E-state index contributed by atoms with van der Waals surface area (Å²) in [6.07, 6.45) is -1.86. The number of hydrogen-bond acceptors (Lipinski definition) is 3. The molecule has 0 radical (unpaired) electrons. The zero-order chi connectivity index (χ0) is 13.4. The third-order valence-corrected chi connectivity index (χ3v) is 2.28. The van der Waals surface area contributed by atoms with Gasteiger partial charge < -0.3 is 14.2 Å². The number of aryl methyl sites for hydroxylation is 1. The van der Waals surface area contributed by atoms with Crippen molar-refractivity contribution in [3.63, 3.8) is 0 Å². The minimum absolute atomic E-state index is 0.232. The molecule has 1 aromatic rings. The topological polar surface area (TPSA) is 27.7 Å². The second-order valence-electron chi connectivity index (χ2n) is 3.57. The molecule has 0 aliphatic heterocycles. The fourth-order valence-electron chi connectivity index (χ4n) is 1.36. The Morgan fingerprint density at radius 1 is 1.17 bits per heavy atom. The van der Waals surface area contributed by atoms with Crippen LogP contribution in [0.4, 0.5) is 8.78 Å². The predicted molar refractivity (Wildman–Crippen MR) is 64.1 cm³/mol. The van der Waals surface area contributed by atoms with Crippen molar-refractivity contribution in [3.8, 4) is 0 Å². The van der Waals surface area contributed by atoms with Gasteiger partial charge in [0.25, 0.3) is 0 Å². The molecule has 100 valence electrons. The van der Waals surface area contributed by atoms with Gasteiger partial charge in [-0.15, -0.1) is 0 Å². The Labute approximate surface area is 105 Å². The van der Waals surface area contributed by atoms with E-state index in [1.54, 1.807) is 31.2 Å². The van der Waals surface area contributed by atoms with Crippen molar-refractivity contribution in [1.29, 1.82) is 0 Å². The van der Waals surface area contributed by atoms with Crippen LogP contribution in [-0.4, -0.2) is 27.1 Å². The van der Waals surface area contributed by atoms with Crippen molar-refractivity contribution in [1.82, 2.24) is 0 Å². The van der Waals surface area contributed by atoms with E-state index in [1.165, 1.54) is 7.11 Å². The summed E-state index contributed by atoms with van der Waals surface area (Å²) in [7, 11) is 1.53. The van der Waals surface area contributed by atoms with Gasteiger partial charge in [-0.25, -0.2) is 0 Å². The first-order valence-electron chi connectivity index (χ1n) is 5.47. The molecule has 1 aromatic carbocycles. The zero-order valence-corrected chi connectivity index (χ0v) is 10.4. The van der Waals surface area contributed by atoms with E-state index in [-0.39, 0.29) is 6.79 Å².